The topological polar surface area (TPSA) is 37.8 Å². The highest BCUT2D eigenvalue weighted by molar-refractivity contribution is 6.17. The Morgan fingerprint density at radius 3 is 2.44 bits per heavy atom. The minimum absolute atomic E-state index is 0.152. The van der Waals surface area contributed by atoms with Crippen LogP contribution in [0.4, 0.5) is 5.82 Å². The van der Waals surface area contributed by atoms with Crippen molar-refractivity contribution in [1.29, 1.82) is 0 Å². The second-order valence-electron chi connectivity index (χ2n) is 5.03. The van der Waals surface area contributed by atoms with Gasteiger partial charge in [-0.15, -0.1) is 11.6 Å². The van der Waals surface area contributed by atoms with E-state index in [9.17, 15) is 0 Å². The molecule has 1 aromatic rings. The van der Waals surface area contributed by atoms with E-state index in [1.165, 1.54) is 0 Å². The fourth-order valence-electron chi connectivity index (χ4n) is 1.55. The Bertz CT molecular complexity index is 333. The number of hydrogen-bond acceptors (Lipinski definition) is 3. The first-order valence-electron chi connectivity index (χ1n) is 5.55. The van der Waals surface area contributed by atoms with E-state index in [-0.39, 0.29) is 5.41 Å². The Morgan fingerprint density at radius 1 is 1.31 bits per heavy atom. The number of anilines is 1. The minimum atomic E-state index is 0.152. The molecule has 16 heavy (non-hydrogen) atoms. The highest BCUT2D eigenvalue weighted by atomic mass is 35.5. The standard InChI is InChI=1S/C12H20ClN3/c1-9-11(15-8-7-14-9)16-10(5-6-13)12(2,3)4/h7-8,10H,5-6H2,1-4H3,(H,15,16). The maximum absolute atomic E-state index is 5.83. The van der Waals surface area contributed by atoms with Crippen LogP contribution in [0.5, 0.6) is 0 Å². The number of rotatable bonds is 4. The van der Waals surface area contributed by atoms with E-state index in [4.69, 9.17) is 11.6 Å². The third-order valence-corrected chi connectivity index (χ3v) is 2.85. The number of hydrogen-bond donors (Lipinski definition) is 1. The Balaban J connectivity index is 2.80. The summed E-state index contributed by atoms with van der Waals surface area (Å²) in [5, 5.41) is 3.43. The third-order valence-electron chi connectivity index (χ3n) is 2.64. The van der Waals surface area contributed by atoms with Gasteiger partial charge in [-0.1, -0.05) is 20.8 Å². The van der Waals surface area contributed by atoms with Crippen molar-refractivity contribution in [3.05, 3.63) is 18.1 Å². The minimum Gasteiger partial charge on any atom is -0.365 e. The van der Waals surface area contributed by atoms with Gasteiger partial charge in [-0.05, 0) is 18.8 Å². The van der Waals surface area contributed by atoms with Crippen molar-refractivity contribution < 1.29 is 0 Å². The quantitative estimate of drug-likeness (QED) is 0.823. The highest BCUT2D eigenvalue weighted by Gasteiger charge is 2.24. The zero-order valence-electron chi connectivity index (χ0n) is 10.4. The van der Waals surface area contributed by atoms with Crippen LogP contribution in [0.1, 0.15) is 32.9 Å². The number of nitrogens with zero attached hydrogens (tertiary/aromatic N) is 2. The largest absolute Gasteiger partial charge is 0.365 e. The normalized spacial score (nSPS) is 13.6. The molecule has 0 aliphatic carbocycles. The summed E-state index contributed by atoms with van der Waals surface area (Å²) in [6.45, 7) is 8.55. The molecule has 0 aromatic carbocycles. The maximum Gasteiger partial charge on any atom is 0.147 e. The predicted molar refractivity (Wildman–Crippen MR) is 69.0 cm³/mol. The van der Waals surface area contributed by atoms with E-state index < -0.39 is 0 Å². The first-order valence-corrected chi connectivity index (χ1v) is 6.08. The summed E-state index contributed by atoms with van der Waals surface area (Å²) in [5.74, 6) is 1.50. The molecule has 0 radical (unpaired) electrons. The van der Waals surface area contributed by atoms with Gasteiger partial charge in [-0.3, -0.25) is 4.98 Å². The van der Waals surface area contributed by atoms with Crippen LogP contribution in [0.15, 0.2) is 12.4 Å². The average molecular weight is 242 g/mol. The lowest BCUT2D eigenvalue weighted by molar-refractivity contribution is 0.334. The first kappa shape index (κ1) is 13.2. The lowest BCUT2D eigenvalue weighted by atomic mass is 9.85. The van der Waals surface area contributed by atoms with E-state index in [2.05, 4.69) is 36.1 Å². The van der Waals surface area contributed by atoms with Gasteiger partial charge in [0.1, 0.15) is 5.82 Å². The summed E-state index contributed by atoms with van der Waals surface area (Å²) in [6, 6.07) is 0.306. The van der Waals surface area contributed by atoms with Gasteiger partial charge in [0.2, 0.25) is 0 Å². The fraction of sp³-hybridized carbons (Fsp3) is 0.667. The Labute approximate surface area is 103 Å². The molecule has 0 fully saturated rings. The van der Waals surface area contributed by atoms with Crippen molar-refractivity contribution in [3.8, 4) is 0 Å². The number of aromatic nitrogens is 2. The van der Waals surface area contributed by atoms with E-state index in [0.29, 0.717) is 11.9 Å². The summed E-state index contributed by atoms with van der Waals surface area (Å²) in [4.78, 5) is 8.51. The zero-order chi connectivity index (χ0) is 12.2. The number of aryl methyl sites for hydroxylation is 1. The van der Waals surface area contributed by atoms with Crippen molar-refractivity contribution in [2.45, 2.75) is 40.2 Å². The van der Waals surface area contributed by atoms with E-state index in [1.54, 1.807) is 12.4 Å². The van der Waals surface area contributed by atoms with Gasteiger partial charge in [-0.25, -0.2) is 4.98 Å². The molecule has 1 atom stereocenters. The summed E-state index contributed by atoms with van der Waals surface area (Å²) < 4.78 is 0. The van der Waals surface area contributed by atoms with Crippen molar-refractivity contribution in [3.63, 3.8) is 0 Å². The van der Waals surface area contributed by atoms with Crippen LogP contribution < -0.4 is 5.32 Å². The van der Waals surface area contributed by atoms with Gasteiger partial charge in [0.15, 0.2) is 0 Å². The van der Waals surface area contributed by atoms with Gasteiger partial charge in [0.25, 0.3) is 0 Å². The van der Waals surface area contributed by atoms with Crippen LogP contribution in [-0.2, 0) is 0 Å². The van der Waals surface area contributed by atoms with Crippen LogP contribution in [0.3, 0.4) is 0 Å². The zero-order valence-corrected chi connectivity index (χ0v) is 11.2. The van der Waals surface area contributed by atoms with Crippen molar-refractivity contribution in [2.24, 2.45) is 5.41 Å². The smallest absolute Gasteiger partial charge is 0.147 e. The van der Waals surface area contributed by atoms with E-state index >= 15 is 0 Å². The van der Waals surface area contributed by atoms with Gasteiger partial charge in [0, 0.05) is 24.3 Å². The van der Waals surface area contributed by atoms with Crippen molar-refractivity contribution in [2.75, 3.05) is 11.2 Å². The number of halogens is 1. The number of nitrogens with one attached hydrogen (secondary N) is 1. The Hall–Kier alpha value is -0.830. The predicted octanol–water partition coefficient (Wildman–Crippen LogP) is 3.24. The van der Waals surface area contributed by atoms with Crippen LogP contribution in [0.25, 0.3) is 0 Å². The second-order valence-corrected chi connectivity index (χ2v) is 5.41. The molecule has 0 spiro atoms. The molecule has 0 amide bonds. The maximum atomic E-state index is 5.83. The second kappa shape index (κ2) is 5.48. The van der Waals surface area contributed by atoms with E-state index in [0.717, 1.165) is 17.9 Å². The van der Waals surface area contributed by atoms with E-state index in [1.807, 2.05) is 6.92 Å². The molecule has 0 saturated heterocycles. The lowest BCUT2D eigenvalue weighted by Gasteiger charge is -2.31. The van der Waals surface area contributed by atoms with Crippen LogP contribution in [0.2, 0.25) is 0 Å². The van der Waals surface area contributed by atoms with Crippen LogP contribution in [0, 0.1) is 12.3 Å². The molecular formula is C12H20ClN3. The first-order chi connectivity index (χ1) is 7.45. The van der Waals surface area contributed by atoms with Gasteiger partial charge in [0.05, 0.1) is 5.69 Å². The molecule has 1 aromatic heterocycles. The highest BCUT2D eigenvalue weighted by Crippen LogP contribution is 2.25. The molecule has 90 valence electrons. The Morgan fingerprint density at radius 2 is 1.94 bits per heavy atom. The molecule has 0 aliphatic heterocycles. The summed E-state index contributed by atoms with van der Waals surface area (Å²) >= 11 is 5.83. The third kappa shape index (κ3) is 3.63. The van der Waals surface area contributed by atoms with Crippen LogP contribution in [-0.4, -0.2) is 21.9 Å². The molecule has 0 aliphatic rings. The summed E-state index contributed by atoms with van der Waals surface area (Å²) in [6.07, 6.45) is 4.32. The van der Waals surface area contributed by atoms with Crippen molar-refractivity contribution >= 4 is 17.4 Å². The lowest BCUT2D eigenvalue weighted by Crippen LogP contribution is -2.35. The van der Waals surface area contributed by atoms with Gasteiger partial charge < -0.3 is 5.32 Å². The molecule has 0 saturated carbocycles. The average Bonchev–Trinajstić information content (AvgIpc) is 2.19. The van der Waals surface area contributed by atoms with Gasteiger partial charge >= 0.3 is 0 Å². The summed E-state index contributed by atoms with van der Waals surface area (Å²) in [7, 11) is 0. The van der Waals surface area contributed by atoms with Crippen LogP contribution >= 0.6 is 11.6 Å². The van der Waals surface area contributed by atoms with Crippen molar-refractivity contribution in [1.82, 2.24) is 9.97 Å². The fourth-order valence-corrected chi connectivity index (χ4v) is 1.76. The monoisotopic (exact) mass is 241 g/mol. The molecule has 1 N–H and O–H groups in total. The Kier molecular flexibility index (Phi) is 4.54. The molecule has 1 rings (SSSR count). The summed E-state index contributed by atoms with van der Waals surface area (Å²) in [5.41, 5.74) is 1.07. The molecule has 1 unspecified atom stereocenters. The van der Waals surface area contributed by atoms with Gasteiger partial charge in [-0.2, -0.15) is 0 Å². The molecule has 0 bridgehead atoms. The molecule has 1 heterocycles. The molecule has 4 heteroatoms. The molecular weight excluding hydrogens is 222 g/mol. The molecule has 3 nitrogen and oxygen atoms in total. The SMILES string of the molecule is Cc1nccnc1NC(CCCl)C(C)(C)C. The number of alkyl halides is 1.